The molecule has 5 rings (SSSR count). The molecule has 0 saturated heterocycles. The summed E-state index contributed by atoms with van der Waals surface area (Å²) in [6.45, 7) is -0.427. The fourth-order valence-electron chi connectivity index (χ4n) is 4.36. The van der Waals surface area contributed by atoms with Crippen LogP contribution in [0.5, 0.6) is 23.0 Å². The summed E-state index contributed by atoms with van der Waals surface area (Å²) >= 11 is 0. The lowest BCUT2D eigenvalue weighted by atomic mass is 10.1. The van der Waals surface area contributed by atoms with Crippen molar-refractivity contribution < 1.29 is 36.9 Å². The topological polar surface area (TPSA) is 94.7 Å². The third-order valence-corrected chi connectivity index (χ3v) is 6.27. The van der Waals surface area contributed by atoms with Crippen molar-refractivity contribution in [1.29, 1.82) is 0 Å². The molecule has 2 N–H and O–H groups in total. The van der Waals surface area contributed by atoms with Gasteiger partial charge < -0.3 is 29.2 Å². The van der Waals surface area contributed by atoms with Crippen LogP contribution in [0.3, 0.4) is 0 Å². The van der Waals surface area contributed by atoms with Gasteiger partial charge in [-0.2, -0.15) is 0 Å². The minimum Gasteiger partial charge on any atom is -0.493 e. The van der Waals surface area contributed by atoms with Crippen LogP contribution >= 0.6 is 0 Å². The Morgan fingerprint density at radius 3 is 1.95 bits per heavy atom. The number of imidazole rings is 1. The Balaban J connectivity index is 1.38. The van der Waals surface area contributed by atoms with Crippen molar-refractivity contribution in [2.45, 2.75) is 6.36 Å². The van der Waals surface area contributed by atoms with Crippen LogP contribution in [0.2, 0.25) is 0 Å². The highest BCUT2D eigenvalue weighted by atomic mass is 19.4. The van der Waals surface area contributed by atoms with E-state index in [9.17, 15) is 18.0 Å². The van der Waals surface area contributed by atoms with Crippen LogP contribution in [0.25, 0.3) is 33.9 Å². The van der Waals surface area contributed by atoms with Gasteiger partial charge in [-0.05, 0) is 36.4 Å². The molecular weight excluding hydrogens is 563 g/mol. The average Bonchev–Trinajstić information content (AvgIpc) is 3.46. The molecule has 0 saturated carbocycles. The van der Waals surface area contributed by atoms with Gasteiger partial charge in [0.15, 0.2) is 18.1 Å². The van der Waals surface area contributed by atoms with Crippen molar-refractivity contribution in [1.82, 2.24) is 9.97 Å². The van der Waals surface area contributed by atoms with Crippen LogP contribution in [0.1, 0.15) is 0 Å². The lowest BCUT2D eigenvalue weighted by Gasteiger charge is -2.16. The zero-order valence-electron chi connectivity index (χ0n) is 23.1. The van der Waals surface area contributed by atoms with Crippen molar-refractivity contribution in [2.75, 3.05) is 26.1 Å². The molecule has 0 aliphatic rings. The third-order valence-electron chi connectivity index (χ3n) is 6.27. The van der Waals surface area contributed by atoms with Crippen molar-refractivity contribution in [2.24, 2.45) is 0 Å². The second-order valence-electron chi connectivity index (χ2n) is 9.16. The summed E-state index contributed by atoms with van der Waals surface area (Å²) in [5, 5.41) is 2.56. The number of carbonyl (C=O) groups is 1. The molecule has 8 nitrogen and oxygen atoms in total. The molecule has 0 radical (unpaired) electrons. The highest BCUT2D eigenvalue weighted by Gasteiger charge is 2.31. The number of hydrogen-bond acceptors (Lipinski definition) is 6. The maximum Gasteiger partial charge on any atom is 0.573 e. The van der Waals surface area contributed by atoms with E-state index in [2.05, 4.69) is 15.0 Å². The molecule has 0 spiro atoms. The first-order valence-corrected chi connectivity index (χ1v) is 13.0. The van der Waals surface area contributed by atoms with Gasteiger partial charge in [-0.3, -0.25) is 4.79 Å². The molecule has 1 aromatic heterocycles. The van der Waals surface area contributed by atoms with Gasteiger partial charge in [0, 0.05) is 22.4 Å². The number of aromatic amines is 1. The van der Waals surface area contributed by atoms with Gasteiger partial charge >= 0.3 is 6.36 Å². The quantitative estimate of drug-likeness (QED) is 0.177. The number of alkyl halides is 3. The standard InChI is InChI=1S/C32H26F3N3O5/c1-40-25-17-22(31-37-28(20-9-5-3-6-10-20)29(38-31)21-11-7-4-8-12-21)18-26(41-2)30(25)42-19-27(39)36-23-13-15-24(16-14-23)43-32(33,34)35/h3-18H,19H2,1-2H3,(H,36,39)(H,37,38). The monoisotopic (exact) mass is 589 g/mol. The van der Waals surface area contributed by atoms with E-state index in [4.69, 9.17) is 19.2 Å². The number of methoxy groups -OCH3 is 2. The summed E-state index contributed by atoms with van der Waals surface area (Å²) in [6.07, 6.45) is -4.81. The molecule has 4 aromatic carbocycles. The molecule has 0 aliphatic carbocycles. The molecule has 0 aliphatic heterocycles. The molecule has 0 fully saturated rings. The van der Waals surface area contributed by atoms with Gasteiger partial charge in [0.05, 0.1) is 25.6 Å². The molecule has 1 amide bonds. The third kappa shape index (κ3) is 7.07. The minimum atomic E-state index is -4.81. The molecule has 5 aromatic rings. The molecule has 0 unspecified atom stereocenters. The van der Waals surface area contributed by atoms with Crippen molar-refractivity contribution >= 4 is 11.6 Å². The number of rotatable bonds is 10. The van der Waals surface area contributed by atoms with Crippen LogP contribution in [0, 0.1) is 0 Å². The van der Waals surface area contributed by atoms with Crippen molar-refractivity contribution in [3.05, 3.63) is 97.1 Å². The number of nitrogens with one attached hydrogen (secondary N) is 2. The number of amides is 1. The van der Waals surface area contributed by atoms with Gasteiger partial charge in [0.25, 0.3) is 5.91 Å². The van der Waals surface area contributed by atoms with Crippen LogP contribution in [-0.4, -0.2) is 43.1 Å². The summed E-state index contributed by atoms with van der Waals surface area (Å²) < 4.78 is 57.9. The summed E-state index contributed by atoms with van der Waals surface area (Å²) in [5.41, 5.74) is 4.44. The minimum absolute atomic E-state index is 0.191. The molecule has 220 valence electrons. The average molecular weight is 590 g/mol. The van der Waals surface area contributed by atoms with Crippen molar-refractivity contribution in [3.8, 4) is 56.9 Å². The Morgan fingerprint density at radius 2 is 1.40 bits per heavy atom. The van der Waals surface area contributed by atoms with Gasteiger partial charge in [-0.25, -0.2) is 4.98 Å². The SMILES string of the molecule is COc1cc(-c2nc(-c3ccccc3)c(-c3ccccc3)[nH]2)cc(OC)c1OCC(=O)Nc1ccc(OC(F)(F)F)cc1. The van der Waals surface area contributed by atoms with Crippen LogP contribution in [-0.2, 0) is 4.79 Å². The second kappa shape index (κ2) is 12.6. The lowest BCUT2D eigenvalue weighted by molar-refractivity contribution is -0.274. The Morgan fingerprint density at radius 1 is 0.814 bits per heavy atom. The van der Waals surface area contributed by atoms with E-state index in [0.717, 1.165) is 34.6 Å². The highest BCUT2D eigenvalue weighted by molar-refractivity contribution is 5.92. The van der Waals surface area contributed by atoms with Gasteiger partial charge in [-0.15, -0.1) is 13.2 Å². The number of nitrogens with zero attached hydrogens (tertiary/aromatic N) is 1. The first-order chi connectivity index (χ1) is 20.7. The first-order valence-electron chi connectivity index (χ1n) is 13.0. The number of ether oxygens (including phenoxy) is 4. The summed E-state index contributed by atoms with van der Waals surface area (Å²) in [7, 11) is 2.92. The molecule has 43 heavy (non-hydrogen) atoms. The van der Waals surface area contributed by atoms with Crippen LogP contribution < -0.4 is 24.3 Å². The number of aromatic nitrogens is 2. The van der Waals surface area contributed by atoms with E-state index in [0.29, 0.717) is 22.9 Å². The smallest absolute Gasteiger partial charge is 0.493 e. The Labute approximate surface area is 245 Å². The van der Waals surface area contributed by atoms with Gasteiger partial charge in [-0.1, -0.05) is 60.7 Å². The molecule has 1 heterocycles. The molecule has 0 bridgehead atoms. The highest BCUT2D eigenvalue weighted by Crippen LogP contribution is 2.42. The summed E-state index contributed by atoms with van der Waals surface area (Å²) in [5.74, 6) is 0.403. The number of hydrogen-bond donors (Lipinski definition) is 2. The summed E-state index contributed by atoms with van der Waals surface area (Å²) in [6, 6.07) is 27.9. The number of anilines is 1. The van der Waals surface area contributed by atoms with E-state index in [1.54, 1.807) is 12.1 Å². The van der Waals surface area contributed by atoms with E-state index >= 15 is 0 Å². The lowest BCUT2D eigenvalue weighted by Crippen LogP contribution is -2.20. The van der Waals surface area contributed by atoms with E-state index < -0.39 is 24.6 Å². The predicted molar refractivity (Wildman–Crippen MR) is 155 cm³/mol. The number of H-pyrrole nitrogens is 1. The fourth-order valence-corrected chi connectivity index (χ4v) is 4.36. The van der Waals surface area contributed by atoms with Gasteiger partial charge in [0.2, 0.25) is 5.75 Å². The van der Waals surface area contributed by atoms with Crippen LogP contribution in [0.4, 0.5) is 18.9 Å². The largest absolute Gasteiger partial charge is 0.573 e. The van der Waals surface area contributed by atoms with E-state index in [1.807, 2.05) is 60.7 Å². The van der Waals surface area contributed by atoms with Crippen molar-refractivity contribution in [3.63, 3.8) is 0 Å². The number of benzene rings is 4. The van der Waals surface area contributed by atoms with E-state index in [-0.39, 0.29) is 11.4 Å². The Hall–Kier alpha value is -5.45. The molecule has 11 heteroatoms. The van der Waals surface area contributed by atoms with Gasteiger partial charge in [0.1, 0.15) is 11.6 Å². The van der Waals surface area contributed by atoms with Crippen LogP contribution in [0.15, 0.2) is 97.1 Å². The predicted octanol–water partition coefficient (Wildman–Crippen LogP) is 7.34. The first kappa shape index (κ1) is 29.1. The van der Waals surface area contributed by atoms with E-state index in [1.165, 1.54) is 26.4 Å². The Bertz CT molecular complexity index is 1610. The zero-order chi connectivity index (χ0) is 30.4. The number of halogens is 3. The fraction of sp³-hybridized carbons (Fsp3) is 0.125. The second-order valence-corrected chi connectivity index (χ2v) is 9.16. The Kier molecular flexibility index (Phi) is 8.51. The zero-order valence-corrected chi connectivity index (χ0v) is 23.1. The number of carbonyl (C=O) groups excluding carboxylic acids is 1. The normalized spacial score (nSPS) is 11.1. The molecule has 0 atom stereocenters. The maximum absolute atomic E-state index is 12.6. The maximum atomic E-state index is 12.6. The molecular formula is C32H26F3N3O5. The summed E-state index contributed by atoms with van der Waals surface area (Å²) in [4.78, 5) is 20.9.